The maximum atomic E-state index is 13.9. The van der Waals surface area contributed by atoms with Gasteiger partial charge >= 0.3 is 0 Å². The molecule has 1 atom stereocenters. The van der Waals surface area contributed by atoms with E-state index in [0.29, 0.717) is 15.6 Å². The summed E-state index contributed by atoms with van der Waals surface area (Å²) >= 11 is 12.4. The fourth-order valence-corrected chi connectivity index (χ4v) is 6.51. The Kier molecular flexibility index (Phi) is 11.9. The molecule has 12 heteroatoms. The Balaban J connectivity index is 1.34. The van der Waals surface area contributed by atoms with E-state index in [1.54, 1.807) is 18.2 Å². The van der Waals surface area contributed by atoms with Crippen LogP contribution in [0.15, 0.2) is 132 Å². The molecule has 1 unspecified atom stereocenters. The standard InChI is InChI=1S/C37H32Cl2FN3O5S/c38-29-12-11-28(34(39)22-29)23-41-37(45)35(21-26-7-3-1-4-8-26)43(24-27-9-5-2-6-10-27)36(44)25-48-32-17-19-33(20-18-32)49(46,47)42-31-15-13-30(40)14-16-31/h1-20,22,35,42H,21,23-25H2,(H,41,45). The van der Waals surface area contributed by atoms with Crippen LogP contribution in [0.4, 0.5) is 10.1 Å². The first kappa shape index (κ1) is 35.4. The molecule has 0 aromatic heterocycles. The number of amides is 2. The number of anilines is 1. The molecule has 5 aromatic carbocycles. The maximum absolute atomic E-state index is 13.9. The second-order valence-electron chi connectivity index (χ2n) is 11.0. The molecule has 0 heterocycles. The molecule has 0 spiro atoms. The molecule has 0 saturated carbocycles. The topological polar surface area (TPSA) is 105 Å². The third-order valence-corrected chi connectivity index (χ3v) is 9.51. The minimum absolute atomic E-state index is 0.0541. The highest BCUT2D eigenvalue weighted by atomic mass is 35.5. The average molecular weight is 721 g/mol. The summed E-state index contributed by atoms with van der Waals surface area (Å²) in [5, 5.41) is 3.81. The zero-order valence-corrected chi connectivity index (χ0v) is 28.4. The van der Waals surface area contributed by atoms with Crippen LogP contribution in [0.3, 0.4) is 0 Å². The Labute approximate surface area is 294 Å². The number of benzene rings is 5. The summed E-state index contributed by atoms with van der Waals surface area (Å²) in [5.74, 6) is -1.09. The van der Waals surface area contributed by atoms with Gasteiger partial charge in [-0.15, -0.1) is 0 Å². The van der Waals surface area contributed by atoms with Gasteiger partial charge in [0.05, 0.1) is 4.90 Å². The average Bonchev–Trinajstić information content (AvgIpc) is 3.10. The van der Waals surface area contributed by atoms with Gasteiger partial charge < -0.3 is 15.0 Å². The lowest BCUT2D eigenvalue weighted by Crippen LogP contribution is -2.51. The molecule has 0 aliphatic heterocycles. The van der Waals surface area contributed by atoms with Gasteiger partial charge in [-0.1, -0.05) is 89.9 Å². The van der Waals surface area contributed by atoms with Gasteiger partial charge in [0.1, 0.15) is 17.6 Å². The summed E-state index contributed by atoms with van der Waals surface area (Å²) in [5.41, 5.74) is 2.53. The number of hydrogen-bond acceptors (Lipinski definition) is 5. The van der Waals surface area contributed by atoms with E-state index < -0.39 is 34.4 Å². The van der Waals surface area contributed by atoms with Gasteiger partial charge in [-0.3, -0.25) is 14.3 Å². The van der Waals surface area contributed by atoms with E-state index in [2.05, 4.69) is 10.0 Å². The highest BCUT2D eigenvalue weighted by Gasteiger charge is 2.31. The monoisotopic (exact) mass is 719 g/mol. The number of carbonyl (C=O) groups excluding carboxylic acids is 2. The molecular weight excluding hydrogens is 688 g/mol. The smallest absolute Gasteiger partial charge is 0.261 e. The number of nitrogens with one attached hydrogen (secondary N) is 2. The molecule has 49 heavy (non-hydrogen) atoms. The van der Waals surface area contributed by atoms with Crippen LogP contribution in [-0.2, 0) is 39.1 Å². The Morgan fingerprint density at radius 3 is 2.06 bits per heavy atom. The summed E-state index contributed by atoms with van der Waals surface area (Å²) in [7, 11) is -3.97. The lowest BCUT2D eigenvalue weighted by atomic mass is 10.0. The lowest BCUT2D eigenvalue weighted by Gasteiger charge is -2.31. The van der Waals surface area contributed by atoms with Crippen LogP contribution >= 0.6 is 23.2 Å². The molecule has 2 amide bonds. The van der Waals surface area contributed by atoms with Crippen molar-refractivity contribution in [3.05, 3.63) is 160 Å². The number of sulfonamides is 1. The Hall–Kier alpha value is -4.90. The third-order valence-electron chi connectivity index (χ3n) is 7.53. The van der Waals surface area contributed by atoms with Gasteiger partial charge in [-0.2, -0.15) is 0 Å². The minimum Gasteiger partial charge on any atom is -0.484 e. The van der Waals surface area contributed by atoms with E-state index in [1.807, 2.05) is 60.7 Å². The van der Waals surface area contributed by atoms with E-state index in [0.717, 1.165) is 23.3 Å². The summed E-state index contributed by atoms with van der Waals surface area (Å²) in [6.45, 7) is -0.175. The second-order valence-corrected chi connectivity index (χ2v) is 13.6. The normalized spacial score (nSPS) is 11.7. The van der Waals surface area contributed by atoms with Gasteiger partial charge in [-0.25, -0.2) is 12.8 Å². The van der Waals surface area contributed by atoms with Gasteiger partial charge in [-0.05, 0) is 77.4 Å². The second kappa shape index (κ2) is 16.5. The molecule has 252 valence electrons. The van der Waals surface area contributed by atoms with E-state index in [1.165, 1.54) is 41.3 Å². The highest BCUT2D eigenvalue weighted by molar-refractivity contribution is 7.92. The van der Waals surface area contributed by atoms with Crippen molar-refractivity contribution in [2.24, 2.45) is 0 Å². The predicted octanol–water partition coefficient (Wildman–Crippen LogP) is 7.27. The van der Waals surface area contributed by atoms with E-state index in [9.17, 15) is 22.4 Å². The Morgan fingerprint density at radius 1 is 0.796 bits per heavy atom. The third kappa shape index (κ3) is 10.1. The van der Waals surface area contributed by atoms with Crippen LogP contribution < -0.4 is 14.8 Å². The number of halogens is 3. The van der Waals surface area contributed by atoms with Crippen molar-refractivity contribution in [1.29, 1.82) is 0 Å². The van der Waals surface area contributed by atoms with Crippen molar-refractivity contribution in [1.82, 2.24) is 10.2 Å². The molecule has 5 aromatic rings. The molecule has 0 bridgehead atoms. The molecule has 0 fully saturated rings. The highest BCUT2D eigenvalue weighted by Crippen LogP contribution is 2.23. The quantitative estimate of drug-likeness (QED) is 0.126. The fourth-order valence-electron chi connectivity index (χ4n) is 4.97. The SMILES string of the molecule is O=C(NCc1ccc(Cl)cc1Cl)C(Cc1ccccc1)N(Cc1ccccc1)C(=O)COc1ccc(S(=O)(=O)Nc2ccc(F)cc2)cc1. The first-order chi connectivity index (χ1) is 23.6. The van der Waals surface area contributed by atoms with Crippen molar-refractivity contribution in [3.8, 4) is 5.75 Å². The molecule has 0 aliphatic carbocycles. The van der Waals surface area contributed by atoms with Crippen LogP contribution in [0.25, 0.3) is 0 Å². The number of nitrogens with zero attached hydrogens (tertiary/aromatic N) is 1. The molecule has 2 N–H and O–H groups in total. The minimum atomic E-state index is -3.97. The number of ether oxygens (including phenoxy) is 1. The van der Waals surface area contributed by atoms with Crippen molar-refractivity contribution in [3.63, 3.8) is 0 Å². The molecule has 0 radical (unpaired) electrons. The van der Waals surface area contributed by atoms with Gasteiger partial charge in [0.15, 0.2) is 6.61 Å². The van der Waals surface area contributed by atoms with Crippen LogP contribution in [0.5, 0.6) is 5.75 Å². The largest absolute Gasteiger partial charge is 0.484 e. The van der Waals surface area contributed by atoms with Gasteiger partial charge in [0.2, 0.25) is 5.91 Å². The molecular formula is C37H32Cl2FN3O5S. The van der Waals surface area contributed by atoms with E-state index >= 15 is 0 Å². The maximum Gasteiger partial charge on any atom is 0.261 e. The summed E-state index contributed by atoms with van der Waals surface area (Å²) in [6.07, 6.45) is 0.229. The zero-order chi connectivity index (χ0) is 34.8. The van der Waals surface area contributed by atoms with Crippen LogP contribution in [-0.4, -0.2) is 37.8 Å². The van der Waals surface area contributed by atoms with Crippen LogP contribution in [0.1, 0.15) is 16.7 Å². The fraction of sp³-hybridized carbons (Fsp3) is 0.135. The van der Waals surface area contributed by atoms with Crippen molar-refractivity contribution in [2.45, 2.75) is 30.4 Å². The first-order valence-electron chi connectivity index (χ1n) is 15.2. The van der Waals surface area contributed by atoms with Crippen molar-refractivity contribution in [2.75, 3.05) is 11.3 Å². The molecule has 0 aliphatic rings. The molecule has 5 rings (SSSR count). The number of carbonyl (C=O) groups is 2. The van der Waals surface area contributed by atoms with Gasteiger partial charge in [0.25, 0.3) is 15.9 Å². The number of hydrogen-bond donors (Lipinski definition) is 2. The molecule has 8 nitrogen and oxygen atoms in total. The summed E-state index contributed by atoms with van der Waals surface area (Å²) < 4.78 is 47.1. The Morgan fingerprint density at radius 2 is 1.43 bits per heavy atom. The van der Waals surface area contributed by atoms with Gasteiger partial charge in [0, 0.05) is 35.2 Å². The summed E-state index contributed by atoms with van der Waals surface area (Å²) in [4.78, 5) is 29.2. The predicted molar refractivity (Wildman–Crippen MR) is 188 cm³/mol. The van der Waals surface area contributed by atoms with Crippen molar-refractivity contribution < 1.29 is 27.1 Å². The van der Waals surface area contributed by atoms with Crippen molar-refractivity contribution >= 4 is 50.7 Å². The lowest BCUT2D eigenvalue weighted by molar-refractivity contribution is -0.142. The van der Waals surface area contributed by atoms with E-state index in [4.69, 9.17) is 27.9 Å². The number of rotatable bonds is 14. The van der Waals surface area contributed by atoms with E-state index in [-0.39, 0.29) is 41.7 Å². The molecule has 0 saturated heterocycles. The Bertz CT molecular complexity index is 1980. The zero-order valence-electron chi connectivity index (χ0n) is 26.1. The summed E-state index contributed by atoms with van der Waals surface area (Å²) in [6, 6.07) is 33.2. The first-order valence-corrected chi connectivity index (χ1v) is 17.4. The van der Waals surface area contributed by atoms with Crippen LogP contribution in [0.2, 0.25) is 10.0 Å². The van der Waals surface area contributed by atoms with Crippen LogP contribution in [0, 0.1) is 5.82 Å².